The lowest BCUT2D eigenvalue weighted by molar-refractivity contribution is -0.385. The Labute approximate surface area is 141 Å². The molecule has 2 aromatic carbocycles. The number of nitro groups is 1. The molecular weight excluding hydrogens is 384 g/mol. The molecular formula is C15H13BrN2O4S. The first-order chi connectivity index (χ1) is 10.8. The predicted octanol–water partition coefficient (Wildman–Crippen LogP) is 3.46. The second kappa shape index (κ2) is 5.61. The van der Waals surface area contributed by atoms with Crippen molar-refractivity contribution < 1.29 is 13.3 Å². The van der Waals surface area contributed by atoms with Gasteiger partial charge in [0.2, 0.25) is 0 Å². The van der Waals surface area contributed by atoms with Gasteiger partial charge in [0.05, 0.1) is 15.5 Å². The van der Waals surface area contributed by atoms with Gasteiger partial charge in [-0.25, -0.2) is 8.42 Å². The van der Waals surface area contributed by atoms with Crippen LogP contribution >= 0.6 is 15.9 Å². The van der Waals surface area contributed by atoms with E-state index in [4.69, 9.17) is 0 Å². The molecule has 3 rings (SSSR count). The number of rotatable bonds is 3. The molecule has 0 radical (unpaired) electrons. The molecule has 1 aliphatic heterocycles. The van der Waals surface area contributed by atoms with E-state index >= 15 is 0 Å². The molecule has 120 valence electrons. The van der Waals surface area contributed by atoms with Crippen LogP contribution in [-0.2, 0) is 16.3 Å². The lowest BCUT2D eigenvalue weighted by Crippen LogP contribution is -2.17. The summed E-state index contributed by atoms with van der Waals surface area (Å²) >= 11 is 3.42. The highest BCUT2D eigenvalue weighted by atomic mass is 79.9. The Bertz CT molecular complexity index is 912. The molecule has 0 spiro atoms. The van der Waals surface area contributed by atoms with E-state index in [1.54, 1.807) is 0 Å². The summed E-state index contributed by atoms with van der Waals surface area (Å²) in [5.74, 6) is 0. The molecule has 0 aliphatic carbocycles. The zero-order chi connectivity index (χ0) is 16.8. The van der Waals surface area contributed by atoms with E-state index in [1.807, 2.05) is 23.1 Å². The standard InChI is InChI=1S/C15H13BrN2O4S/c1-23(21,22)15-9-12(18(19)20)4-5-13(15)17-7-6-10-2-3-11(16)8-14(10)17/h2-5,8-9H,6-7H2,1H3. The van der Waals surface area contributed by atoms with Crippen LogP contribution in [0, 0.1) is 10.1 Å². The average Bonchev–Trinajstić information content (AvgIpc) is 2.88. The first kappa shape index (κ1) is 15.9. The van der Waals surface area contributed by atoms with E-state index < -0.39 is 14.8 Å². The first-order valence-corrected chi connectivity index (χ1v) is 9.50. The maximum absolute atomic E-state index is 12.1. The number of halogens is 1. The fraction of sp³-hybridized carbons (Fsp3) is 0.200. The summed E-state index contributed by atoms with van der Waals surface area (Å²) in [5, 5.41) is 10.9. The minimum atomic E-state index is -3.60. The number of nitrogens with zero attached hydrogens (tertiary/aromatic N) is 2. The van der Waals surface area contributed by atoms with Crippen molar-refractivity contribution in [1.82, 2.24) is 0 Å². The van der Waals surface area contributed by atoms with E-state index in [0.29, 0.717) is 12.2 Å². The molecule has 0 N–H and O–H groups in total. The lowest BCUT2D eigenvalue weighted by Gasteiger charge is -2.22. The number of nitro benzene ring substituents is 1. The van der Waals surface area contributed by atoms with Crippen molar-refractivity contribution in [2.45, 2.75) is 11.3 Å². The highest BCUT2D eigenvalue weighted by Crippen LogP contribution is 2.40. The predicted molar refractivity (Wildman–Crippen MR) is 91.1 cm³/mol. The second-order valence-corrected chi connectivity index (χ2v) is 8.26. The van der Waals surface area contributed by atoms with E-state index in [9.17, 15) is 18.5 Å². The van der Waals surface area contributed by atoms with Crippen LogP contribution in [0.15, 0.2) is 45.8 Å². The Morgan fingerprint density at radius 1 is 1.17 bits per heavy atom. The normalized spacial score (nSPS) is 13.9. The van der Waals surface area contributed by atoms with E-state index in [-0.39, 0.29) is 10.6 Å². The zero-order valence-corrected chi connectivity index (χ0v) is 14.6. The number of hydrogen-bond donors (Lipinski definition) is 0. The molecule has 0 atom stereocenters. The molecule has 0 bridgehead atoms. The molecule has 6 nitrogen and oxygen atoms in total. The number of benzene rings is 2. The van der Waals surface area contributed by atoms with Gasteiger partial charge in [0, 0.05) is 35.1 Å². The average molecular weight is 397 g/mol. The summed E-state index contributed by atoms with van der Waals surface area (Å²) in [6, 6.07) is 9.82. The van der Waals surface area contributed by atoms with Crippen molar-refractivity contribution in [2.24, 2.45) is 0 Å². The fourth-order valence-corrected chi connectivity index (χ4v) is 3.98. The number of anilines is 2. The number of hydrogen-bond acceptors (Lipinski definition) is 5. The summed E-state index contributed by atoms with van der Waals surface area (Å²) in [4.78, 5) is 12.2. The van der Waals surface area contributed by atoms with Crippen LogP contribution in [0.3, 0.4) is 0 Å². The molecule has 1 heterocycles. The van der Waals surface area contributed by atoms with Crippen LogP contribution in [0.25, 0.3) is 0 Å². The molecule has 8 heteroatoms. The Balaban J connectivity index is 2.19. The van der Waals surface area contributed by atoms with Crippen molar-refractivity contribution >= 4 is 42.8 Å². The van der Waals surface area contributed by atoms with Crippen molar-refractivity contribution in [3.8, 4) is 0 Å². The monoisotopic (exact) mass is 396 g/mol. The van der Waals surface area contributed by atoms with Crippen LogP contribution in [0.1, 0.15) is 5.56 Å². The highest BCUT2D eigenvalue weighted by Gasteiger charge is 2.27. The van der Waals surface area contributed by atoms with E-state index in [2.05, 4.69) is 15.9 Å². The van der Waals surface area contributed by atoms with Gasteiger partial charge in [-0.05, 0) is 30.2 Å². The maximum atomic E-state index is 12.1. The molecule has 0 saturated heterocycles. The molecule has 0 fully saturated rings. The molecule has 0 unspecified atom stereocenters. The summed E-state index contributed by atoms with van der Waals surface area (Å²) in [6.07, 6.45) is 1.86. The third-order valence-corrected chi connectivity index (χ3v) is 5.41. The van der Waals surface area contributed by atoms with Gasteiger partial charge in [-0.2, -0.15) is 0 Å². The topological polar surface area (TPSA) is 80.5 Å². The van der Waals surface area contributed by atoms with Gasteiger partial charge in [0.15, 0.2) is 9.84 Å². The van der Waals surface area contributed by atoms with Gasteiger partial charge in [-0.15, -0.1) is 0 Å². The van der Waals surface area contributed by atoms with Crippen molar-refractivity contribution in [3.63, 3.8) is 0 Å². The van der Waals surface area contributed by atoms with Crippen molar-refractivity contribution in [3.05, 3.63) is 56.5 Å². The fourth-order valence-electron chi connectivity index (χ4n) is 2.74. The van der Waals surface area contributed by atoms with E-state index in [1.165, 1.54) is 12.1 Å². The largest absolute Gasteiger partial charge is 0.340 e. The Hall–Kier alpha value is -1.93. The smallest absolute Gasteiger partial charge is 0.270 e. The summed E-state index contributed by atoms with van der Waals surface area (Å²) < 4.78 is 25.1. The molecule has 0 aromatic heterocycles. The van der Waals surface area contributed by atoms with Crippen LogP contribution in [-0.4, -0.2) is 26.1 Å². The summed E-state index contributed by atoms with van der Waals surface area (Å²) in [6.45, 7) is 0.631. The van der Waals surface area contributed by atoms with Gasteiger partial charge >= 0.3 is 0 Å². The van der Waals surface area contributed by atoms with Gasteiger partial charge < -0.3 is 4.90 Å². The van der Waals surface area contributed by atoms with Crippen LogP contribution < -0.4 is 4.90 Å². The number of non-ortho nitro benzene ring substituents is 1. The van der Waals surface area contributed by atoms with Gasteiger partial charge in [-0.3, -0.25) is 10.1 Å². The Kier molecular flexibility index (Phi) is 3.89. The number of sulfone groups is 1. The molecule has 23 heavy (non-hydrogen) atoms. The highest BCUT2D eigenvalue weighted by molar-refractivity contribution is 9.10. The zero-order valence-electron chi connectivity index (χ0n) is 12.2. The third-order valence-electron chi connectivity index (χ3n) is 3.79. The van der Waals surface area contributed by atoms with Crippen LogP contribution in [0.2, 0.25) is 0 Å². The van der Waals surface area contributed by atoms with Gasteiger partial charge in [0.25, 0.3) is 5.69 Å². The third kappa shape index (κ3) is 2.96. The lowest BCUT2D eigenvalue weighted by atomic mass is 10.2. The van der Waals surface area contributed by atoms with Gasteiger partial charge in [0.1, 0.15) is 0 Å². The van der Waals surface area contributed by atoms with Crippen molar-refractivity contribution in [2.75, 3.05) is 17.7 Å². The number of fused-ring (bicyclic) bond motifs is 1. The SMILES string of the molecule is CS(=O)(=O)c1cc([N+](=O)[O-])ccc1N1CCc2ccc(Br)cc21. The minimum absolute atomic E-state index is 0.0282. The maximum Gasteiger partial charge on any atom is 0.270 e. The molecule has 1 aliphatic rings. The van der Waals surface area contributed by atoms with Gasteiger partial charge in [-0.1, -0.05) is 22.0 Å². The van der Waals surface area contributed by atoms with Crippen molar-refractivity contribution in [1.29, 1.82) is 0 Å². The Morgan fingerprint density at radius 3 is 2.57 bits per heavy atom. The quantitative estimate of drug-likeness (QED) is 0.586. The van der Waals surface area contributed by atoms with Crippen LogP contribution in [0.4, 0.5) is 17.1 Å². The first-order valence-electron chi connectivity index (χ1n) is 6.82. The Morgan fingerprint density at radius 2 is 1.91 bits per heavy atom. The van der Waals surface area contributed by atoms with E-state index in [0.717, 1.165) is 34.5 Å². The molecule has 0 amide bonds. The second-order valence-electron chi connectivity index (χ2n) is 5.36. The molecule has 0 saturated carbocycles. The van der Waals surface area contributed by atoms with Crippen LogP contribution in [0.5, 0.6) is 0 Å². The summed E-state index contributed by atoms with van der Waals surface area (Å²) in [7, 11) is -3.60. The summed E-state index contributed by atoms with van der Waals surface area (Å²) in [5.41, 5.74) is 2.27. The molecule has 2 aromatic rings. The minimum Gasteiger partial charge on any atom is -0.340 e.